The van der Waals surface area contributed by atoms with Gasteiger partial charge in [-0.1, -0.05) is 77.1 Å². The standard InChI is InChI=1S/C16H28Cl/c1-2-3-4-5-6-7-8-9-10-11-12-13-14-15-16-17/h16H,2-13H2,1H3. The van der Waals surface area contributed by atoms with Crippen LogP contribution in [0.5, 0.6) is 0 Å². The smallest absolute Gasteiger partial charge is 0.106 e. The highest BCUT2D eigenvalue weighted by Gasteiger charge is 1.92. The first-order valence-corrected chi connectivity index (χ1v) is 7.75. The molecule has 0 heterocycles. The second-order valence-electron chi connectivity index (χ2n) is 4.72. The van der Waals surface area contributed by atoms with E-state index in [-0.39, 0.29) is 0 Å². The summed E-state index contributed by atoms with van der Waals surface area (Å²) in [5.41, 5.74) is 0. The first kappa shape index (κ1) is 16.9. The number of unbranched alkanes of at least 4 members (excludes halogenated alkanes) is 11. The molecule has 0 aromatic rings. The Morgan fingerprint density at radius 3 is 1.71 bits per heavy atom. The van der Waals surface area contributed by atoms with Crippen molar-refractivity contribution < 1.29 is 0 Å². The highest BCUT2D eigenvalue weighted by atomic mass is 35.5. The van der Waals surface area contributed by atoms with Crippen LogP contribution in [0.2, 0.25) is 0 Å². The molecule has 0 saturated carbocycles. The van der Waals surface area contributed by atoms with E-state index < -0.39 is 0 Å². The molecule has 0 aliphatic rings. The SMILES string of the molecule is CCCCCCCCCCCCCC#C[CH]Cl. The van der Waals surface area contributed by atoms with E-state index in [2.05, 4.69) is 18.8 Å². The monoisotopic (exact) mass is 255 g/mol. The molecule has 0 fully saturated rings. The van der Waals surface area contributed by atoms with Crippen molar-refractivity contribution in [2.75, 3.05) is 0 Å². The first-order chi connectivity index (χ1) is 8.41. The highest BCUT2D eigenvalue weighted by Crippen LogP contribution is 2.11. The lowest BCUT2D eigenvalue weighted by atomic mass is 10.1. The van der Waals surface area contributed by atoms with Gasteiger partial charge in [0, 0.05) is 6.42 Å². The maximum atomic E-state index is 5.35. The lowest BCUT2D eigenvalue weighted by molar-refractivity contribution is 0.551. The van der Waals surface area contributed by atoms with Crippen molar-refractivity contribution in [3.05, 3.63) is 5.88 Å². The van der Waals surface area contributed by atoms with Gasteiger partial charge in [-0.05, 0) is 6.42 Å². The number of rotatable bonds is 11. The maximum Gasteiger partial charge on any atom is 0.122 e. The molecule has 0 aromatic heterocycles. The summed E-state index contributed by atoms with van der Waals surface area (Å²) in [5, 5.41) is 0. The minimum absolute atomic E-state index is 1.00. The van der Waals surface area contributed by atoms with Gasteiger partial charge in [-0.2, -0.15) is 0 Å². The molecule has 17 heavy (non-hydrogen) atoms. The van der Waals surface area contributed by atoms with Gasteiger partial charge in [0.1, 0.15) is 5.88 Å². The Balaban J connectivity index is 2.94. The van der Waals surface area contributed by atoms with Crippen molar-refractivity contribution in [3.63, 3.8) is 0 Å². The number of hydrogen-bond acceptors (Lipinski definition) is 0. The van der Waals surface area contributed by atoms with E-state index in [0.717, 1.165) is 6.42 Å². The summed E-state index contributed by atoms with van der Waals surface area (Å²) in [6.45, 7) is 2.27. The van der Waals surface area contributed by atoms with E-state index in [1.807, 2.05) is 0 Å². The molecule has 0 rings (SSSR count). The third kappa shape index (κ3) is 15.9. The van der Waals surface area contributed by atoms with Crippen LogP contribution in [-0.4, -0.2) is 0 Å². The van der Waals surface area contributed by atoms with Gasteiger partial charge in [0.05, 0.1) is 0 Å². The Bertz CT molecular complexity index is 187. The summed E-state index contributed by atoms with van der Waals surface area (Å²) in [4.78, 5) is 0. The Morgan fingerprint density at radius 2 is 1.24 bits per heavy atom. The highest BCUT2D eigenvalue weighted by molar-refractivity contribution is 6.25. The van der Waals surface area contributed by atoms with Gasteiger partial charge in [-0.3, -0.25) is 0 Å². The summed E-state index contributed by atoms with van der Waals surface area (Å²) < 4.78 is 0. The summed E-state index contributed by atoms with van der Waals surface area (Å²) in [6, 6.07) is 0. The second-order valence-corrected chi connectivity index (χ2v) is 4.93. The Morgan fingerprint density at radius 1 is 0.765 bits per heavy atom. The molecule has 1 radical (unpaired) electrons. The van der Waals surface area contributed by atoms with Crippen molar-refractivity contribution in [1.82, 2.24) is 0 Å². The van der Waals surface area contributed by atoms with E-state index >= 15 is 0 Å². The van der Waals surface area contributed by atoms with Crippen LogP contribution in [0.4, 0.5) is 0 Å². The molecular weight excluding hydrogens is 228 g/mol. The average molecular weight is 256 g/mol. The lowest BCUT2D eigenvalue weighted by Crippen LogP contribution is -1.82. The number of hydrogen-bond donors (Lipinski definition) is 0. The number of halogens is 1. The molecule has 0 aliphatic heterocycles. The molecular formula is C16H28Cl. The van der Waals surface area contributed by atoms with Gasteiger partial charge in [-0.15, -0.1) is 17.5 Å². The van der Waals surface area contributed by atoms with E-state index in [1.165, 1.54) is 76.5 Å². The zero-order chi connectivity index (χ0) is 12.6. The summed E-state index contributed by atoms with van der Waals surface area (Å²) in [6.07, 6.45) is 16.3. The van der Waals surface area contributed by atoms with Crippen LogP contribution in [0.25, 0.3) is 0 Å². The van der Waals surface area contributed by atoms with Crippen LogP contribution in [-0.2, 0) is 0 Å². The summed E-state index contributed by atoms with van der Waals surface area (Å²) in [5.74, 6) is 7.20. The van der Waals surface area contributed by atoms with Gasteiger partial charge in [-0.25, -0.2) is 0 Å². The quantitative estimate of drug-likeness (QED) is 0.309. The molecule has 1 heteroatoms. The Hall–Kier alpha value is -0.150. The molecule has 0 amide bonds. The Kier molecular flexibility index (Phi) is 15.7. The van der Waals surface area contributed by atoms with Crippen molar-refractivity contribution in [2.45, 2.75) is 84.0 Å². The predicted octanol–water partition coefficient (Wildman–Crippen LogP) is 6.09. The topological polar surface area (TPSA) is 0 Å². The molecule has 0 saturated heterocycles. The molecule has 0 N–H and O–H groups in total. The van der Waals surface area contributed by atoms with Gasteiger partial charge in [0.15, 0.2) is 0 Å². The molecule has 99 valence electrons. The molecule has 0 bridgehead atoms. The van der Waals surface area contributed by atoms with Crippen molar-refractivity contribution in [1.29, 1.82) is 0 Å². The molecule has 0 aromatic carbocycles. The van der Waals surface area contributed by atoms with Crippen LogP contribution >= 0.6 is 11.6 Å². The normalized spacial score (nSPS) is 10.0. The molecule has 0 spiro atoms. The van der Waals surface area contributed by atoms with E-state index in [1.54, 1.807) is 0 Å². The summed E-state index contributed by atoms with van der Waals surface area (Å²) >= 11 is 5.35. The fourth-order valence-corrected chi connectivity index (χ4v) is 2.07. The fourth-order valence-electron chi connectivity index (χ4n) is 1.99. The molecule has 0 unspecified atom stereocenters. The minimum atomic E-state index is 1.00. The fraction of sp³-hybridized carbons (Fsp3) is 0.812. The largest absolute Gasteiger partial charge is 0.122 e. The first-order valence-electron chi connectivity index (χ1n) is 7.32. The van der Waals surface area contributed by atoms with Crippen molar-refractivity contribution in [2.24, 2.45) is 0 Å². The minimum Gasteiger partial charge on any atom is -0.106 e. The molecule has 0 atom stereocenters. The van der Waals surface area contributed by atoms with Crippen molar-refractivity contribution in [3.8, 4) is 11.8 Å². The van der Waals surface area contributed by atoms with E-state index in [0.29, 0.717) is 0 Å². The van der Waals surface area contributed by atoms with Crippen LogP contribution in [0.15, 0.2) is 0 Å². The molecule has 0 aliphatic carbocycles. The van der Waals surface area contributed by atoms with E-state index in [9.17, 15) is 0 Å². The van der Waals surface area contributed by atoms with Gasteiger partial charge < -0.3 is 0 Å². The average Bonchev–Trinajstić information content (AvgIpc) is 2.35. The van der Waals surface area contributed by atoms with Crippen LogP contribution < -0.4 is 0 Å². The second kappa shape index (κ2) is 15.9. The zero-order valence-corrected chi connectivity index (χ0v) is 12.2. The zero-order valence-electron chi connectivity index (χ0n) is 11.4. The third-order valence-corrected chi connectivity index (χ3v) is 3.17. The maximum absolute atomic E-state index is 5.35. The van der Waals surface area contributed by atoms with Crippen LogP contribution in [0.3, 0.4) is 0 Å². The van der Waals surface area contributed by atoms with Gasteiger partial charge >= 0.3 is 0 Å². The van der Waals surface area contributed by atoms with Crippen LogP contribution in [0, 0.1) is 17.7 Å². The van der Waals surface area contributed by atoms with E-state index in [4.69, 9.17) is 11.6 Å². The van der Waals surface area contributed by atoms with Crippen LogP contribution in [0.1, 0.15) is 84.0 Å². The van der Waals surface area contributed by atoms with Gasteiger partial charge in [0.25, 0.3) is 0 Å². The Labute approximate surface area is 114 Å². The van der Waals surface area contributed by atoms with Crippen molar-refractivity contribution >= 4 is 11.6 Å². The third-order valence-electron chi connectivity index (χ3n) is 3.06. The lowest BCUT2D eigenvalue weighted by Gasteiger charge is -2.01. The predicted molar refractivity (Wildman–Crippen MR) is 79.0 cm³/mol. The molecule has 0 nitrogen and oxygen atoms in total. The summed E-state index contributed by atoms with van der Waals surface area (Å²) in [7, 11) is 0. The van der Waals surface area contributed by atoms with Gasteiger partial charge in [0.2, 0.25) is 0 Å².